The van der Waals surface area contributed by atoms with E-state index in [1.165, 1.54) is 19.8 Å². The van der Waals surface area contributed by atoms with E-state index in [9.17, 15) is 14.7 Å². The van der Waals surface area contributed by atoms with Crippen LogP contribution in [0.5, 0.6) is 0 Å². The van der Waals surface area contributed by atoms with Crippen LogP contribution in [0.1, 0.15) is 80.1 Å². The summed E-state index contributed by atoms with van der Waals surface area (Å²) in [7, 11) is 1.63. The number of allylic oxidation sites excluding steroid dienone is 2. The number of rotatable bonds is 5. The molecule has 216 valence electrons. The van der Waals surface area contributed by atoms with Crippen LogP contribution in [-0.4, -0.2) is 48.6 Å². The van der Waals surface area contributed by atoms with E-state index in [1.54, 1.807) is 7.11 Å². The highest BCUT2D eigenvalue weighted by Gasteiger charge is 2.82. The maximum Gasteiger partial charge on any atom is 0.303 e. The molecular weight excluding hydrogens is 492 g/mol. The second-order valence-electron chi connectivity index (χ2n) is 14.8. The summed E-state index contributed by atoms with van der Waals surface area (Å²) in [4.78, 5) is 24.9. The number of fused-ring (bicyclic) bond motifs is 4. The molecule has 6 rings (SSSR count). The van der Waals surface area contributed by atoms with Crippen LogP contribution in [0, 0.1) is 57.2 Å². The quantitative estimate of drug-likeness (QED) is 0.367. The largest absolute Gasteiger partial charge is 0.456 e. The molecule has 13 atom stereocenters. The second-order valence-corrected chi connectivity index (χ2v) is 14.8. The maximum absolute atomic E-state index is 12.6. The summed E-state index contributed by atoms with van der Waals surface area (Å²) in [5.74, 6) is -0.863. The summed E-state index contributed by atoms with van der Waals surface area (Å²) >= 11 is 0. The predicted molar refractivity (Wildman–Crippen MR) is 147 cm³/mol. The fourth-order valence-electron chi connectivity index (χ4n) is 11.6. The molecule has 6 aliphatic rings. The Morgan fingerprint density at radius 2 is 1.95 bits per heavy atom. The van der Waals surface area contributed by atoms with Gasteiger partial charge in [-0.2, -0.15) is 0 Å². The number of carbonyl (C=O) groups is 2. The van der Waals surface area contributed by atoms with Gasteiger partial charge in [0.05, 0.1) is 12.7 Å². The SMILES string of the molecule is C=C([C@@H](C)COC)C1(O)O[C@H]2C[C@@]3(C)C4CCC5[C@H](C)C(=O)C=C[C@@]56C[C@@]46CC[C@]3(C)[C@H]2[C@H](C)[C@H]1OC(C)=O. The van der Waals surface area contributed by atoms with Crippen LogP contribution in [0.15, 0.2) is 24.3 Å². The first-order valence-electron chi connectivity index (χ1n) is 15.2. The Labute approximate surface area is 233 Å². The summed E-state index contributed by atoms with van der Waals surface area (Å²) in [6, 6.07) is 0. The van der Waals surface area contributed by atoms with Gasteiger partial charge in [0.15, 0.2) is 11.9 Å². The van der Waals surface area contributed by atoms with E-state index in [-0.39, 0.29) is 51.4 Å². The van der Waals surface area contributed by atoms with Crippen molar-refractivity contribution in [1.29, 1.82) is 0 Å². The number of esters is 1. The summed E-state index contributed by atoms with van der Waals surface area (Å²) in [6.07, 6.45) is 9.82. The number of aliphatic hydroxyl groups is 1. The van der Waals surface area contributed by atoms with E-state index < -0.39 is 17.9 Å². The van der Waals surface area contributed by atoms with Crippen molar-refractivity contribution < 1.29 is 28.9 Å². The van der Waals surface area contributed by atoms with Crippen molar-refractivity contribution in [3.8, 4) is 0 Å². The summed E-state index contributed by atoms with van der Waals surface area (Å²) in [5.41, 5.74) is 0.943. The number of hydrogen-bond donors (Lipinski definition) is 1. The van der Waals surface area contributed by atoms with Crippen LogP contribution in [0.2, 0.25) is 0 Å². The van der Waals surface area contributed by atoms with Gasteiger partial charge in [0, 0.05) is 31.8 Å². The van der Waals surface area contributed by atoms with Crippen LogP contribution in [-0.2, 0) is 23.8 Å². The third kappa shape index (κ3) is 3.26. The van der Waals surface area contributed by atoms with Crippen LogP contribution in [0.4, 0.5) is 0 Å². The van der Waals surface area contributed by atoms with E-state index in [0.717, 1.165) is 25.7 Å². The lowest BCUT2D eigenvalue weighted by Crippen LogP contribution is -2.63. The molecule has 5 fully saturated rings. The Kier molecular flexibility index (Phi) is 6.04. The fourth-order valence-corrected chi connectivity index (χ4v) is 11.6. The van der Waals surface area contributed by atoms with E-state index >= 15 is 0 Å². The van der Waals surface area contributed by atoms with Crippen molar-refractivity contribution in [3.05, 3.63) is 24.3 Å². The third-order valence-electron chi connectivity index (χ3n) is 13.6. The first-order valence-corrected chi connectivity index (χ1v) is 15.2. The minimum absolute atomic E-state index is 0.0113. The Morgan fingerprint density at radius 1 is 1.23 bits per heavy atom. The van der Waals surface area contributed by atoms with E-state index in [1.807, 2.05) is 13.0 Å². The maximum atomic E-state index is 12.6. The van der Waals surface area contributed by atoms with Crippen LogP contribution < -0.4 is 0 Å². The molecule has 6 nitrogen and oxygen atoms in total. The minimum Gasteiger partial charge on any atom is -0.456 e. The molecule has 39 heavy (non-hydrogen) atoms. The minimum atomic E-state index is -1.76. The Balaban J connectivity index is 1.38. The smallest absolute Gasteiger partial charge is 0.303 e. The van der Waals surface area contributed by atoms with Crippen molar-refractivity contribution in [2.75, 3.05) is 13.7 Å². The van der Waals surface area contributed by atoms with E-state index in [0.29, 0.717) is 29.8 Å². The topological polar surface area (TPSA) is 82.1 Å². The van der Waals surface area contributed by atoms with Crippen molar-refractivity contribution in [2.45, 2.75) is 98.1 Å². The van der Waals surface area contributed by atoms with Gasteiger partial charge in [-0.15, -0.1) is 0 Å². The van der Waals surface area contributed by atoms with Gasteiger partial charge >= 0.3 is 5.97 Å². The molecule has 1 heterocycles. The average molecular weight is 541 g/mol. The summed E-state index contributed by atoms with van der Waals surface area (Å²) in [5, 5.41) is 12.2. The molecule has 1 saturated heterocycles. The summed E-state index contributed by atoms with van der Waals surface area (Å²) in [6.45, 7) is 17.2. The van der Waals surface area contributed by atoms with Crippen molar-refractivity contribution in [1.82, 2.24) is 0 Å². The molecule has 4 saturated carbocycles. The Bertz CT molecular complexity index is 1130. The molecule has 0 radical (unpaired) electrons. The highest BCUT2D eigenvalue weighted by atomic mass is 16.7. The summed E-state index contributed by atoms with van der Waals surface area (Å²) < 4.78 is 18.0. The molecule has 3 unspecified atom stereocenters. The van der Waals surface area contributed by atoms with Crippen LogP contribution >= 0.6 is 0 Å². The lowest BCUT2D eigenvalue weighted by Gasteiger charge is -2.61. The van der Waals surface area contributed by atoms with Gasteiger partial charge in [-0.3, -0.25) is 9.59 Å². The van der Waals surface area contributed by atoms with Gasteiger partial charge in [-0.1, -0.05) is 47.3 Å². The Morgan fingerprint density at radius 3 is 2.62 bits per heavy atom. The van der Waals surface area contributed by atoms with Crippen LogP contribution in [0.25, 0.3) is 0 Å². The van der Waals surface area contributed by atoms with Gasteiger partial charge in [0.1, 0.15) is 0 Å². The zero-order valence-electron chi connectivity index (χ0n) is 24.9. The molecular formula is C33H48O6. The highest BCUT2D eigenvalue weighted by Crippen LogP contribution is 2.87. The monoisotopic (exact) mass is 540 g/mol. The number of ether oxygens (including phenoxy) is 3. The highest BCUT2D eigenvalue weighted by molar-refractivity contribution is 5.93. The van der Waals surface area contributed by atoms with Gasteiger partial charge in [0.25, 0.3) is 0 Å². The fraction of sp³-hybridized carbons (Fsp3) is 0.818. The third-order valence-corrected chi connectivity index (χ3v) is 13.6. The van der Waals surface area contributed by atoms with Gasteiger partial charge in [-0.25, -0.2) is 0 Å². The molecule has 0 bridgehead atoms. The van der Waals surface area contributed by atoms with Crippen molar-refractivity contribution in [2.24, 2.45) is 57.2 Å². The van der Waals surface area contributed by atoms with E-state index in [2.05, 4.69) is 40.3 Å². The molecule has 0 aromatic rings. The molecule has 1 N–H and O–H groups in total. The molecule has 2 spiro atoms. The van der Waals surface area contributed by atoms with Crippen LogP contribution in [0.3, 0.4) is 0 Å². The first-order chi connectivity index (χ1) is 18.2. The average Bonchev–Trinajstić information content (AvgIpc) is 3.47. The zero-order chi connectivity index (χ0) is 28.3. The van der Waals surface area contributed by atoms with E-state index in [4.69, 9.17) is 14.2 Å². The molecule has 5 aliphatic carbocycles. The normalized spacial score (nSPS) is 53.9. The first kappa shape index (κ1) is 27.7. The zero-order valence-corrected chi connectivity index (χ0v) is 24.9. The molecule has 1 aliphatic heterocycles. The number of hydrogen-bond acceptors (Lipinski definition) is 6. The second kappa shape index (κ2) is 8.51. The van der Waals surface area contributed by atoms with Crippen molar-refractivity contribution in [3.63, 3.8) is 0 Å². The Hall–Kier alpha value is -1.50. The predicted octanol–water partition coefficient (Wildman–Crippen LogP) is 5.48. The van der Waals surface area contributed by atoms with Gasteiger partial charge < -0.3 is 19.3 Å². The lowest BCUT2D eigenvalue weighted by atomic mass is 9.43. The molecule has 6 heteroatoms. The van der Waals surface area contributed by atoms with Gasteiger partial charge in [0.2, 0.25) is 5.79 Å². The molecule has 0 aromatic carbocycles. The van der Waals surface area contributed by atoms with Gasteiger partial charge in [-0.05, 0) is 89.6 Å². The lowest BCUT2D eigenvalue weighted by molar-refractivity contribution is -0.314. The van der Waals surface area contributed by atoms with Crippen molar-refractivity contribution >= 4 is 11.8 Å². The standard InChI is InChI=1S/C33H48O6/c1-18(16-37-8)21(4)33(36)28(38-22(5)34)20(3)27-25(39-33)15-30(7)26-10-9-23-19(2)24(35)11-12-31(23)17-32(26,31)14-13-29(27,30)6/h11-12,18-20,23,25-28,36H,4,9-10,13-17H2,1-3,5-8H3/t18-,19-,20-,23?,25-,26?,27-,28+,29+,30-,31+,32-,33?/m0/s1. The molecule has 0 aromatic heterocycles. The number of carbonyl (C=O) groups excluding carboxylic acids is 2. The molecule has 0 amide bonds. The number of ketones is 1. The number of methoxy groups -OCH3 is 1.